The molecule has 1 saturated heterocycles. The molecule has 3 aromatic rings. The average molecular weight is 484 g/mol. The molecule has 3 aliphatic rings. The van der Waals surface area contributed by atoms with Crippen LogP contribution in [0.5, 0.6) is 0 Å². The van der Waals surface area contributed by atoms with Crippen LogP contribution in [0.4, 0.5) is 0 Å². The summed E-state index contributed by atoms with van der Waals surface area (Å²) < 4.78 is 1.03. The molecule has 0 bridgehead atoms. The maximum Gasteiger partial charge on any atom is 0.246 e. The molecular formula is C23H22BrN3O2S. The van der Waals surface area contributed by atoms with Crippen molar-refractivity contribution in [3.8, 4) is 0 Å². The number of benzene rings is 1. The van der Waals surface area contributed by atoms with Crippen LogP contribution in [0.3, 0.4) is 0 Å². The van der Waals surface area contributed by atoms with E-state index in [9.17, 15) is 9.59 Å². The molecule has 2 aliphatic heterocycles. The van der Waals surface area contributed by atoms with Crippen LogP contribution in [0.1, 0.15) is 47.9 Å². The Morgan fingerprint density at radius 2 is 1.87 bits per heavy atom. The first kappa shape index (κ1) is 18.6. The summed E-state index contributed by atoms with van der Waals surface area (Å²) in [6, 6.07) is 11.9. The van der Waals surface area contributed by atoms with Gasteiger partial charge >= 0.3 is 0 Å². The molecule has 1 N–H and O–H groups in total. The zero-order valence-corrected chi connectivity index (χ0v) is 18.8. The molecule has 30 heavy (non-hydrogen) atoms. The Bertz CT molecular complexity index is 1160. The van der Waals surface area contributed by atoms with E-state index in [1.165, 1.54) is 5.56 Å². The smallest absolute Gasteiger partial charge is 0.246 e. The van der Waals surface area contributed by atoms with Crippen LogP contribution in [0.15, 0.2) is 40.2 Å². The molecule has 4 heterocycles. The van der Waals surface area contributed by atoms with E-state index in [1.54, 1.807) is 11.3 Å². The zero-order chi connectivity index (χ0) is 20.4. The Morgan fingerprint density at radius 1 is 1.07 bits per heavy atom. The number of carbonyl (C=O) groups excluding carboxylic acids is 2. The second-order valence-electron chi connectivity index (χ2n) is 8.53. The first-order valence-corrected chi connectivity index (χ1v) is 12.2. The number of H-pyrrole nitrogens is 1. The number of aromatic amines is 1. The lowest BCUT2D eigenvalue weighted by Crippen LogP contribution is -2.64. The second-order valence-corrected chi connectivity index (χ2v) is 11.0. The van der Waals surface area contributed by atoms with Gasteiger partial charge in [0.25, 0.3) is 0 Å². The number of piperazine rings is 1. The Balaban J connectivity index is 1.51. The van der Waals surface area contributed by atoms with Crippen molar-refractivity contribution in [3.05, 3.63) is 56.3 Å². The molecule has 7 heteroatoms. The molecule has 0 spiro atoms. The summed E-state index contributed by atoms with van der Waals surface area (Å²) in [6.45, 7) is 0.207. The van der Waals surface area contributed by atoms with Crippen molar-refractivity contribution in [3.63, 3.8) is 0 Å². The standard InChI is InChI=1S/C23H22BrN3O2S/c24-19-10-9-18(30-19)22-21-15(14-7-3-4-8-16(14)25-21)11-17-23(29)26(12-20(28)27(17)22)13-5-1-2-6-13/h3-4,7-10,13,17,22,25H,1-2,5-6,11-12H2/t17-,22-/m0/s1. The van der Waals surface area contributed by atoms with E-state index >= 15 is 0 Å². The fourth-order valence-corrected chi connectivity index (χ4v) is 7.12. The SMILES string of the molecule is O=C1[C@@H]2Cc3c([nH]c4ccccc34)[C@H](c3ccc(Br)s3)N2C(=O)CN1C1CCCC1. The highest BCUT2D eigenvalue weighted by Gasteiger charge is 2.49. The third-order valence-corrected chi connectivity index (χ3v) is 8.60. The number of carbonyl (C=O) groups is 2. The molecule has 2 atom stereocenters. The van der Waals surface area contributed by atoms with E-state index in [0.29, 0.717) is 6.42 Å². The van der Waals surface area contributed by atoms with Crippen LogP contribution in [0, 0.1) is 0 Å². The predicted octanol–water partition coefficient (Wildman–Crippen LogP) is 4.62. The number of aromatic nitrogens is 1. The van der Waals surface area contributed by atoms with Crippen LogP contribution in [-0.2, 0) is 16.0 Å². The van der Waals surface area contributed by atoms with E-state index in [-0.39, 0.29) is 30.4 Å². The predicted molar refractivity (Wildman–Crippen MR) is 120 cm³/mol. The molecular weight excluding hydrogens is 462 g/mol. The number of hydrogen-bond acceptors (Lipinski definition) is 3. The van der Waals surface area contributed by atoms with Crippen LogP contribution < -0.4 is 0 Å². The van der Waals surface area contributed by atoms with Gasteiger partial charge in [0.15, 0.2) is 0 Å². The van der Waals surface area contributed by atoms with Gasteiger partial charge in [-0.2, -0.15) is 0 Å². The summed E-state index contributed by atoms with van der Waals surface area (Å²) in [5.74, 6) is 0.184. The van der Waals surface area contributed by atoms with E-state index < -0.39 is 6.04 Å². The van der Waals surface area contributed by atoms with Crippen molar-refractivity contribution in [1.29, 1.82) is 0 Å². The van der Waals surface area contributed by atoms with Crippen LogP contribution in [-0.4, -0.2) is 45.2 Å². The minimum absolute atomic E-state index is 0.0605. The number of nitrogens with zero attached hydrogens (tertiary/aromatic N) is 2. The molecule has 2 amide bonds. The van der Waals surface area contributed by atoms with Gasteiger partial charge in [-0.3, -0.25) is 9.59 Å². The lowest BCUT2D eigenvalue weighted by Gasteiger charge is -2.48. The van der Waals surface area contributed by atoms with Crippen LogP contribution in [0.25, 0.3) is 10.9 Å². The summed E-state index contributed by atoms with van der Waals surface area (Å²) >= 11 is 5.20. The minimum Gasteiger partial charge on any atom is -0.356 e. The van der Waals surface area contributed by atoms with Gasteiger partial charge in [-0.1, -0.05) is 31.0 Å². The normalized spacial score (nSPS) is 24.6. The van der Waals surface area contributed by atoms with Gasteiger partial charge in [0, 0.05) is 33.9 Å². The second kappa shape index (κ2) is 6.95. The molecule has 1 aromatic carbocycles. The largest absolute Gasteiger partial charge is 0.356 e. The third kappa shape index (κ3) is 2.71. The first-order chi connectivity index (χ1) is 14.6. The van der Waals surface area contributed by atoms with E-state index in [4.69, 9.17) is 0 Å². The van der Waals surface area contributed by atoms with Gasteiger partial charge in [0.2, 0.25) is 11.8 Å². The molecule has 6 rings (SSSR count). The number of halogens is 1. The van der Waals surface area contributed by atoms with Gasteiger partial charge in [-0.25, -0.2) is 0 Å². The Morgan fingerprint density at radius 3 is 2.63 bits per heavy atom. The molecule has 154 valence electrons. The Kier molecular flexibility index (Phi) is 4.32. The van der Waals surface area contributed by atoms with Crippen LogP contribution in [0.2, 0.25) is 0 Å². The highest BCUT2D eigenvalue weighted by Crippen LogP contribution is 2.45. The Hall–Kier alpha value is -2.12. The fourth-order valence-electron chi connectivity index (χ4n) is 5.59. The molecule has 1 saturated carbocycles. The summed E-state index contributed by atoms with van der Waals surface area (Å²) in [5.41, 5.74) is 3.29. The topological polar surface area (TPSA) is 56.4 Å². The number of nitrogens with one attached hydrogen (secondary N) is 1. The minimum atomic E-state index is -0.426. The summed E-state index contributed by atoms with van der Waals surface area (Å²) in [5, 5.41) is 1.16. The number of hydrogen-bond donors (Lipinski definition) is 1. The van der Waals surface area contributed by atoms with Crippen molar-refractivity contribution in [2.24, 2.45) is 0 Å². The number of rotatable bonds is 2. The number of thiophene rings is 1. The summed E-state index contributed by atoms with van der Waals surface area (Å²) in [6.07, 6.45) is 4.91. The van der Waals surface area contributed by atoms with Gasteiger partial charge in [0.1, 0.15) is 18.6 Å². The first-order valence-electron chi connectivity index (χ1n) is 10.6. The fraction of sp³-hybridized carbons (Fsp3) is 0.391. The van der Waals surface area contributed by atoms with Crippen molar-refractivity contribution in [2.75, 3.05) is 6.54 Å². The van der Waals surface area contributed by atoms with E-state index in [1.807, 2.05) is 28.0 Å². The zero-order valence-electron chi connectivity index (χ0n) is 16.4. The molecule has 0 radical (unpaired) electrons. The van der Waals surface area contributed by atoms with Gasteiger partial charge < -0.3 is 14.8 Å². The third-order valence-electron chi connectivity index (χ3n) is 6.92. The lowest BCUT2D eigenvalue weighted by molar-refractivity contribution is -0.160. The monoisotopic (exact) mass is 483 g/mol. The molecule has 2 fully saturated rings. The summed E-state index contributed by atoms with van der Waals surface area (Å²) in [4.78, 5) is 35.5. The maximum absolute atomic E-state index is 13.7. The van der Waals surface area contributed by atoms with Crippen molar-refractivity contribution in [1.82, 2.24) is 14.8 Å². The van der Waals surface area contributed by atoms with Gasteiger partial charge in [-0.05, 0) is 52.5 Å². The average Bonchev–Trinajstić information content (AvgIpc) is 3.49. The quantitative estimate of drug-likeness (QED) is 0.577. The maximum atomic E-state index is 13.7. The van der Waals surface area contributed by atoms with Gasteiger partial charge in [-0.15, -0.1) is 11.3 Å². The summed E-state index contributed by atoms with van der Waals surface area (Å²) in [7, 11) is 0. The Labute approximate surface area is 187 Å². The van der Waals surface area contributed by atoms with Gasteiger partial charge in [0.05, 0.1) is 3.79 Å². The number of amides is 2. The number of para-hydroxylation sites is 1. The van der Waals surface area contributed by atoms with Crippen molar-refractivity contribution in [2.45, 2.75) is 50.2 Å². The molecule has 5 nitrogen and oxygen atoms in total. The van der Waals surface area contributed by atoms with Crippen LogP contribution >= 0.6 is 27.3 Å². The number of fused-ring (bicyclic) bond motifs is 4. The lowest BCUT2D eigenvalue weighted by atomic mass is 9.88. The van der Waals surface area contributed by atoms with E-state index in [0.717, 1.165) is 50.9 Å². The molecule has 0 unspecified atom stereocenters. The highest BCUT2D eigenvalue weighted by molar-refractivity contribution is 9.11. The molecule has 1 aliphatic carbocycles. The van der Waals surface area contributed by atoms with E-state index in [2.05, 4.69) is 39.1 Å². The van der Waals surface area contributed by atoms with Crippen molar-refractivity contribution < 1.29 is 9.59 Å². The van der Waals surface area contributed by atoms with Crippen molar-refractivity contribution >= 4 is 50.0 Å². The highest BCUT2D eigenvalue weighted by atomic mass is 79.9. The molecule has 2 aromatic heterocycles.